The SMILES string of the molecule is CC12CCC(C1)C(C)(C)C2Nc1ccncc1. The zero-order valence-corrected chi connectivity index (χ0v) is 11.0. The third-order valence-electron chi connectivity index (χ3n) is 5.26. The van der Waals surface area contributed by atoms with Crippen molar-refractivity contribution < 1.29 is 0 Å². The molecule has 0 spiro atoms. The number of fused-ring (bicyclic) bond motifs is 2. The van der Waals surface area contributed by atoms with Gasteiger partial charge in [-0.2, -0.15) is 0 Å². The predicted molar refractivity (Wildman–Crippen MR) is 70.9 cm³/mol. The number of rotatable bonds is 2. The van der Waals surface area contributed by atoms with Crippen molar-refractivity contribution >= 4 is 5.69 Å². The lowest BCUT2D eigenvalue weighted by Gasteiger charge is -2.43. The zero-order valence-electron chi connectivity index (χ0n) is 11.0. The second kappa shape index (κ2) is 3.47. The van der Waals surface area contributed by atoms with E-state index in [4.69, 9.17) is 0 Å². The minimum Gasteiger partial charge on any atom is -0.381 e. The monoisotopic (exact) mass is 230 g/mol. The standard InChI is InChI=1S/C15H22N2/c1-14(2)11-4-7-15(3,10-11)13(14)17-12-5-8-16-9-6-12/h5-6,8-9,11,13H,4,7,10H2,1-3H3,(H,16,17). The molecule has 2 nitrogen and oxygen atoms in total. The van der Waals surface area contributed by atoms with Crippen molar-refractivity contribution in [2.24, 2.45) is 16.7 Å². The molecule has 3 atom stereocenters. The van der Waals surface area contributed by atoms with Gasteiger partial charge >= 0.3 is 0 Å². The molecule has 2 bridgehead atoms. The van der Waals surface area contributed by atoms with Crippen LogP contribution in [-0.4, -0.2) is 11.0 Å². The molecule has 2 fully saturated rings. The smallest absolute Gasteiger partial charge is 0.0373 e. The van der Waals surface area contributed by atoms with Crippen LogP contribution in [0.3, 0.4) is 0 Å². The molecule has 1 N–H and O–H groups in total. The van der Waals surface area contributed by atoms with E-state index < -0.39 is 0 Å². The van der Waals surface area contributed by atoms with Gasteiger partial charge in [-0.15, -0.1) is 0 Å². The van der Waals surface area contributed by atoms with Gasteiger partial charge in [0.05, 0.1) is 0 Å². The number of hydrogen-bond acceptors (Lipinski definition) is 2. The molecule has 17 heavy (non-hydrogen) atoms. The fraction of sp³-hybridized carbons (Fsp3) is 0.667. The van der Waals surface area contributed by atoms with E-state index in [1.807, 2.05) is 12.4 Å². The van der Waals surface area contributed by atoms with Gasteiger partial charge in [0, 0.05) is 24.1 Å². The highest BCUT2D eigenvalue weighted by Crippen LogP contribution is 2.63. The minimum absolute atomic E-state index is 0.413. The number of nitrogens with one attached hydrogen (secondary N) is 1. The van der Waals surface area contributed by atoms with Crippen molar-refractivity contribution in [1.82, 2.24) is 4.98 Å². The second-order valence-corrected chi connectivity index (χ2v) is 6.73. The number of hydrogen-bond donors (Lipinski definition) is 1. The van der Waals surface area contributed by atoms with Gasteiger partial charge in [-0.05, 0) is 48.1 Å². The van der Waals surface area contributed by atoms with Crippen LogP contribution in [0.5, 0.6) is 0 Å². The Balaban J connectivity index is 1.88. The van der Waals surface area contributed by atoms with E-state index in [9.17, 15) is 0 Å². The van der Waals surface area contributed by atoms with Crippen molar-refractivity contribution in [3.63, 3.8) is 0 Å². The summed E-state index contributed by atoms with van der Waals surface area (Å²) in [7, 11) is 0. The third kappa shape index (κ3) is 1.57. The topological polar surface area (TPSA) is 24.9 Å². The summed E-state index contributed by atoms with van der Waals surface area (Å²) in [5.41, 5.74) is 2.11. The normalized spacial score (nSPS) is 38.3. The van der Waals surface area contributed by atoms with Crippen LogP contribution in [0.2, 0.25) is 0 Å². The molecule has 0 amide bonds. The van der Waals surface area contributed by atoms with Gasteiger partial charge in [0.2, 0.25) is 0 Å². The highest BCUT2D eigenvalue weighted by atomic mass is 15.0. The van der Waals surface area contributed by atoms with Crippen LogP contribution in [0.15, 0.2) is 24.5 Å². The molecule has 0 saturated heterocycles. The zero-order chi connectivity index (χ0) is 12.1. The highest BCUT2D eigenvalue weighted by Gasteiger charge is 2.59. The lowest BCUT2D eigenvalue weighted by Crippen LogP contribution is -2.45. The molecule has 92 valence electrons. The molecule has 2 aliphatic carbocycles. The van der Waals surface area contributed by atoms with Crippen molar-refractivity contribution in [3.8, 4) is 0 Å². The molecule has 0 aromatic carbocycles. The average molecular weight is 230 g/mol. The first-order valence-corrected chi connectivity index (χ1v) is 6.69. The Kier molecular flexibility index (Phi) is 2.26. The fourth-order valence-corrected chi connectivity index (χ4v) is 4.28. The summed E-state index contributed by atoms with van der Waals surface area (Å²) < 4.78 is 0. The van der Waals surface area contributed by atoms with Crippen molar-refractivity contribution in [2.45, 2.75) is 46.1 Å². The number of anilines is 1. The van der Waals surface area contributed by atoms with E-state index in [0.29, 0.717) is 16.9 Å². The maximum absolute atomic E-state index is 4.08. The molecule has 2 aliphatic rings. The van der Waals surface area contributed by atoms with E-state index in [1.54, 1.807) is 0 Å². The number of aromatic nitrogens is 1. The highest BCUT2D eigenvalue weighted by molar-refractivity contribution is 5.44. The van der Waals surface area contributed by atoms with E-state index >= 15 is 0 Å². The molecular formula is C15H22N2. The van der Waals surface area contributed by atoms with E-state index in [0.717, 1.165) is 5.92 Å². The summed E-state index contributed by atoms with van der Waals surface area (Å²) in [5, 5.41) is 3.76. The van der Waals surface area contributed by atoms with Crippen LogP contribution in [0.1, 0.15) is 40.0 Å². The first-order chi connectivity index (χ1) is 8.02. The van der Waals surface area contributed by atoms with Crippen molar-refractivity contribution in [3.05, 3.63) is 24.5 Å². The molecular weight excluding hydrogens is 208 g/mol. The largest absolute Gasteiger partial charge is 0.381 e. The van der Waals surface area contributed by atoms with Crippen LogP contribution in [-0.2, 0) is 0 Å². The van der Waals surface area contributed by atoms with Crippen LogP contribution in [0, 0.1) is 16.7 Å². The van der Waals surface area contributed by atoms with Gasteiger partial charge < -0.3 is 5.32 Å². The molecule has 1 heterocycles. The predicted octanol–water partition coefficient (Wildman–Crippen LogP) is 3.71. The van der Waals surface area contributed by atoms with Gasteiger partial charge in [0.1, 0.15) is 0 Å². The molecule has 1 aromatic heterocycles. The Morgan fingerprint density at radius 2 is 1.94 bits per heavy atom. The van der Waals surface area contributed by atoms with Crippen LogP contribution < -0.4 is 5.32 Å². The molecule has 3 rings (SSSR count). The summed E-state index contributed by atoms with van der Waals surface area (Å²) in [6.07, 6.45) is 7.92. The number of nitrogens with zero attached hydrogens (tertiary/aromatic N) is 1. The Morgan fingerprint density at radius 3 is 2.53 bits per heavy atom. The van der Waals surface area contributed by atoms with Crippen molar-refractivity contribution in [2.75, 3.05) is 5.32 Å². The Labute approximate surface area is 104 Å². The lowest BCUT2D eigenvalue weighted by atomic mass is 9.68. The van der Waals surface area contributed by atoms with Crippen LogP contribution in [0.4, 0.5) is 5.69 Å². The molecule has 1 aromatic rings. The minimum atomic E-state index is 0.413. The fourth-order valence-electron chi connectivity index (χ4n) is 4.28. The summed E-state index contributed by atoms with van der Waals surface area (Å²) in [5.74, 6) is 0.895. The summed E-state index contributed by atoms with van der Waals surface area (Å²) in [6.45, 7) is 7.32. The quantitative estimate of drug-likeness (QED) is 0.837. The van der Waals surface area contributed by atoms with Crippen LogP contribution >= 0.6 is 0 Å². The Bertz CT molecular complexity index is 407. The summed E-state index contributed by atoms with van der Waals surface area (Å²) >= 11 is 0. The summed E-state index contributed by atoms with van der Waals surface area (Å²) in [4.78, 5) is 4.08. The van der Waals surface area contributed by atoms with Gasteiger partial charge in [-0.3, -0.25) is 4.98 Å². The van der Waals surface area contributed by atoms with E-state index in [2.05, 4.69) is 43.2 Å². The molecule has 3 unspecified atom stereocenters. The van der Waals surface area contributed by atoms with Gasteiger partial charge in [-0.1, -0.05) is 20.8 Å². The van der Waals surface area contributed by atoms with E-state index in [-0.39, 0.29) is 0 Å². The van der Waals surface area contributed by atoms with Gasteiger partial charge in [-0.25, -0.2) is 0 Å². The molecule has 0 aliphatic heterocycles. The van der Waals surface area contributed by atoms with Gasteiger partial charge in [0.25, 0.3) is 0 Å². The maximum Gasteiger partial charge on any atom is 0.0373 e. The van der Waals surface area contributed by atoms with Gasteiger partial charge in [0.15, 0.2) is 0 Å². The molecule has 2 saturated carbocycles. The maximum atomic E-state index is 4.08. The lowest BCUT2D eigenvalue weighted by molar-refractivity contribution is 0.155. The second-order valence-electron chi connectivity index (χ2n) is 6.73. The first-order valence-electron chi connectivity index (χ1n) is 6.69. The third-order valence-corrected chi connectivity index (χ3v) is 5.26. The Morgan fingerprint density at radius 1 is 1.24 bits per heavy atom. The average Bonchev–Trinajstić information content (AvgIpc) is 2.77. The van der Waals surface area contributed by atoms with E-state index in [1.165, 1.54) is 24.9 Å². The Hall–Kier alpha value is -1.05. The number of pyridine rings is 1. The van der Waals surface area contributed by atoms with Crippen molar-refractivity contribution in [1.29, 1.82) is 0 Å². The van der Waals surface area contributed by atoms with Crippen LogP contribution in [0.25, 0.3) is 0 Å². The first kappa shape index (κ1) is 11.1. The molecule has 2 heteroatoms. The summed E-state index contributed by atoms with van der Waals surface area (Å²) in [6, 6.07) is 4.74. The molecule has 0 radical (unpaired) electrons.